The molecule has 6 rings (SSSR count). The van der Waals surface area contributed by atoms with E-state index in [4.69, 9.17) is 16.6 Å². The first-order valence-electron chi connectivity index (χ1n) is 12.5. The highest BCUT2D eigenvalue weighted by Crippen LogP contribution is 2.29. The summed E-state index contributed by atoms with van der Waals surface area (Å²) in [6.07, 6.45) is 4.04. The van der Waals surface area contributed by atoms with E-state index in [1.807, 2.05) is 40.7 Å². The Bertz CT molecular complexity index is 1500. The topological polar surface area (TPSA) is 84.7 Å². The van der Waals surface area contributed by atoms with Crippen molar-refractivity contribution in [1.29, 1.82) is 0 Å². The molecule has 190 valence electrons. The maximum Gasteiger partial charge on any atom is 0.258 e. The molecule has 3 aromatic rings. The van der Waals surface area contributed by atoms with Crippen LogP contribution >= 0.6 is 22.9 Å². The van der Waals surface area contributed by atoms with Crippen LogP contribution < -0.4 is 26.8 Å². The van der Waals surface area contributed by atoms with E-state index in [2.05, 4.69) is 20.4 Å². The van der Waals surface area contributed by atoms with E-state index >= 15 is 0 Å². The van der Waals surface area contributed by atoms with Gasteiger partial charge >= 0.3 is 0 Å². The summed E-state index contributed by atoms with van der Waals surface area (Å²) in [6.45, 7) is 6.98. The summed E-state index contributed by atoms with van der Waals surface area (Å²) in [5.41, 5.74) is 1.38. The summed E-state index contributed by atoms with van der Waals surface area (Å²) in [6, 6.07) is 5.66. The SMILES string of the molecule is CN1C=c2c(=O)c(C(=O)NCCN3CCCC3)c3sc4cc(Cl)ccc4n3c2=NC1N1CCNCC1. The minimum absolute atomic E-state index is 0.174. The molecule has 0 saturated carbocycles. The van der Waals surface area contributed by atoms with Crippen LogP contribution in [0, 0.1) is 0 Å². The summed E-state index contributed by atoms with van der Waals surface area (Å²) in [5.74, 6) is -0.336. The zero-order chi connectivity index (χ0) is 24.8. The average molecular weight is 528 g/mol. The number of hydrogen-bond donors (Lipinski definition) is 2. The molecule has 11 heteroatoms. The van der Waals surface area contributed by atoms with Gasteiger partial charge < -0.3 is 20.4 Å². The van der Waals surface area contributed by atoms with Crippen molar-refractivity contribution >= 4 is 50.1 Å². The van der Waals surface area contributed by atoms with Crippen LogP contribution in [0.1, 0.15) is 23.2 Å². The zero-order valence-electron chi connectivity index (χ0n) is 20.3. The van der Waals surface area contributed by atoms with Gasteiger partial charge in [-0.2, -0.15) is 0 Å². The van der Waals surface area contributed by atoms with E-state index in [0.29, 0.717) is 27.1 Å². The molecular formula is C25H30ClN7O2S. The zero-order valence-corrected chi connectivity index (χ0v) is 21.9. The van der Waals surface area contributed by atoms with Crippen molar-refractivity contribution in [3.63, 3.8) is 0 Å². The second-order valence-electron chi connectivity index (χ2n) is 9.66. The number of piperazine rings is 1. The predicted molar refractivity (Wildman–Crippen MR) is 143 cm³/mol. The maximum atomic E-state index is 13.8. The molecule has 3 aliphatic heterocycles. The molecule has 36 heavy (non-hydrogen) atoms. The smallest absolute Gasteiger partial charge is 0.258 e. The Balaban J connectivity index is 1.50. The first kappa shape index (κ1) is 23.9. The summed E-state index contributed by atoms with van der Waals surface area (Å²) in [7, 11) is 1.94. The van der Waals surface area contributed by atoms with Crippen molar-refractivity contribution in [1.82, 2.24) is 29.7 Å². The number of nitrogens with zero attached hydrogens (tertiary/aromatic N) is 5. The Hall–Kier alpha value is -2.50. The Morgan fingerprint density at radius 3 is 2.78 bits per heavy atom. The molecule has 0 aliphatic carbocycles. The number of thiazole rings is 1. The third kappa shape index (κ3) is 4.20. The van der Waals surface area contributed by atoms with Gasteiger partial charge in [0.2, 0.25) is 5.43 Å². The first-order valence-corrected chi connectivity index (χ1v) is 13.7. The van der Waals surface area contributed by atoms with Gasteiger partial charge in [-0.3, -0.25) is 18.9 Å². The number of benzene rings is 1. The molecule has 2 fully saturated rings. The summed E-state index contributed by atoms with van der Waals surface area (Å²) < 4.78 is 2.88. The van der Waals surface area contributed by atoms with Crippen LogP contribution in [0.4, 0.5) is 0 Å². The fraction of sp³-hybridized carbons (Fsp3) is 0.480. The lowest BCUT2D eigenvalue weighted by Gasteiger charge is -2.37. The first-order chi connectivity index (χ1) is 17.5. The molecule has 1 atom stereocenters. The minimum atomic E-state index is -0.336. The number of aromatic nitrogens is 1. The maximum absolute atomic E-state index is 13.8. The molecular weight excluding hydrogens is 498 g/mol. The van der Waals surface area contributed by atoms with Gasteiger partial charge in [-0.15, -0.1) is 11.3 Å². The molecule has 3 aliphatic rings. The van der Waals surface area contributed by atoms with Gasteiger partial charge in [0.05, 0.1) is 15.4 Å². The van der Waals surface area contributed by atoms with Crippen LogP contribution in [0.25, 0.3) is 21.2 Å². The number of carbonyl (C=O) groups is 1. The monoisotopic (exact) mass is 527 g/mol. The highest BCUT2D eigenvalue weighted by atomic mass is 35.5. The molecule has 0 bridgehead atoms. The Labute approximate surface area is 217 Å². The lowest BCUT2D eigenvalue weighted by molar-refractivity contribution is 0.0904. The van der Waals surface area contributed by atoms with Gasteiger partial charge in [0.15, 0.2) is 6.29 Å². The Morgan fingerprint density at radius 1 is 1.22 bits per heavy atom. The lowest BCUT2D eigenvalue weighted by Crippen LogP contribution is -2.58. The van der Waals surface area contributed by atoms with E-state index < -0.39 is 0 Å². The normalized spacial score (nSPS) is 20.9. The van der Waals surface area contributed by atoms with Crippen LogP contribution in [-0.2, 0) is 0 Å². The number of rotatable bonds is 5. The third-order valence-corrected chi connectivity index (χ3v) is 8.63. The number of halogens is 1. The highest BCUT2D eigenvalue weighted by Gasteiger charge is 2.28. The van der Waals surface area contributed by atoms with Gasteiger partial charge in [0, 0.05) is 57.5 Å². The van der Waals surface area contributed by atoms with Gasteiger partial charge in [-0.05, 0) is 44.1 Å². The molecule has 1 unspecified atom stereocenters. The van der Waals surface area contributed by atoms with E-state index in [9.17, 15) is 9.59 Å². The Morgan fingerprint density at radius 2 is 2.00 bits per heavy atom. The quantitative estimate of drug-likeness (QED) is 0.502. The molecule has 5 heterocycles. The highest BCUT2D eigenvalue weighted by molar-refractivity contribution is 7.24. The van der Waals surface area contributed by atoms with E-state index in [-0.39, 0.29) is 23.2 Å². The van der Waals surface area contributed by atoms with E-state index in [1.54, 1.807) is 0 Å². The molecule has 2 saturated heterocycles. The van der Waals surface area contributed by atoms with Crippen molar-refractivity contribution in [2.45, 2.75) is 19.1 Å². The Kier molecular flexibility index (Phi) is 6.47. The standard InChI is InChI=1S/C25H30ClN7O2S/c1-30-15-17-21(34)20(23(35)28-8-11-31-9-2-3-10-31)24-33(18-5-4-16(26)14-19(18)36-24)22(17)29-25(30)32-12-6-27-7-13-32/h4-5,14-15,25,27H,2-3,6-13H2,1H3,(H,28,35). The van der Waals surface area contributed by atoms with Gasteiger partial charge in [0.25, 0.3) is 5.91 Å². The average Bonchev–Trinajstić information content (AvgIpc) is 3.52. The van der Waals surface area contributed by atoms with E-state index in [0.717, 1.165) is 56.0 Å². The molecule has 0 radical (unpaired) electrons. The number of hydrogen-bond acceptors (Lipinski definition) is 8. The minimum Gasteiger partial charge on any atom is -0.351 e. The number of carbonyl (C=O) groups excluding carboxylic acids is 1. The van der Waals surface area contributed by atoms with Crippen molar-refractivity contribution in [3.8, 4) is 0 Å². The van der Waals surface area contributed by atoms with Crippen LogP contribution in [0.2, 0.25) is 5.02 Å². The van der Waals surface area contributed by atoms with Gasteiger partial charge in [-0.1, -0.05) is 11.6 Å². The number of likely N-dealkylation sites (tertiary alicyclic amines) is 1. The van der Waals surface area contributed by atoms with Crippen molar-refractivity contribution in [2.75, 3.05) is 59.4 Å². The predicted octanol–water partition coefficient (Wildman–Crippen LogP) is 0.485. The number of pyridine rings is 1. The van der Waals surface area contributed by atoms with Crippen LogP contribution in [-0.4, -0.2) is 90.7 Å². The van der Waals surface area contributed by atoms with Crippen molar-refractivity contribution in [3.05, 3.63) is 49.7 Å². The van der Waals surface area contributed by atoms with Crippen molar-refractivity contribution in [2.24, 2.45) is 4.99 Å². The van der Waals surface area contributed by atoms with Crippen LogP contribution in [0.15, 0.2) is 28.0 Å². The van der Waals surface area contributed by atoms with Crippen molar-refractivity contribution < 1.29 is 4.79 Å². The van der Waals surface area contributed by atoms with Gasteiger partial charge in [-0.25, -0.2) is 4.99 Å². The second-order valence-corrected chi connectivity index (χ2v) is 11.1. The second kappa shape index (κ2) is 9.75. The molecule has 1 amide bonds. The summed E-state index contributed by atoms with van der Waals surface area (Å²) in [5, 5.41) is 7.45. The lowest BCUT2D eigenvalue weighted by atomic mass is 10.2. The largest absolute Gasteiger partial charge is 0.351 e. The fourth-order valence-corrected chi connectivity index (χ4v) is 6.89. The number of nitrogens with one attached hydrogen (secondary N) is 2. The van der Waals surface area contributed by atoms with Crippen LogP contribution in [0.5, 0.6) is 0 Å². The molecule has 2 N–H and O–H groups in total. The molecule has 9 nitrogen and oxygen atoms in total. The van der Waals surface area contributed by atoms with E-state index in [1.165, 1.54) is 24.2 Å². The number of amides is 1. The molecule has 0 spiro atoms. The summed E-state index contributed by atoms with van der Waals surface area (Å²) in [4.78, 5) is 39.6. The fourth-order valence-electron chi connectivity index (χ4n) is 5.43. The molecule has 1 aromatic carbocycles. The van der Waals surface area contributed by atoms with Gasteiger partial charge in [0.1, 0.15) is 15.9 Å². The molecule has 2 aromatic heterocycles. The third-order valence-electron chi connectivity index (χ3n) is 7.26. The van der Waals surface area contributed by atoms with Crippen LogP contribution in [0.3, 0.4) is 0 Å². The summed E-state index contributed by atoms with van der Waals surface area (Å²) >= 11 is 7.71. The number of fused-ring (bicyclic) bond motifs is 5.